The third kappa shape index (κ3) is 5.06. The molecule has 3 unspecified atom stereocenters. The number of nitrogens with one attached hydrogen (secondary N) is 1. The van der Waals surface area contributed by atoms with Gasteiger partial charge in [0.25, 0.3) is 0 Å². The monoisotopic (exact) mass is 534 g/mol. The Morgan fingerprint density at radius 3 is 2.64 bits per heavy atom. The minimum absolute atomic E-state index is 0.0177. The van der Waals surface area contributed by atoms with Gasteiger partial charge in [0, 0.05) is 47.1 Å². The summed E-state index contributed by atoms with van der Waals surface area (Å²) in [5.41, 5.74) is 6.06. The van der Waals surface area contributed by atoms with E-state index in [-0.39, 0.29) is 18.6 Å². The van der Waals surface area contributed by atoms with E-state index in [9.17, 15) is 9.90 Å². The minimum atomic E-state index is -1.06. The lowest BCUT2D eigenvalue weighted by atomic mass is 9.79. The summed E-state index contributed by atoms with van der Waals surface area (Å²) in [6, 6.07) is 4.51. The molecule has 4 aliphatic heterocycles. The number of carbonyl (C=O) groups excluding carboxylic acids is 1. The fraction of sp³-hybridized carbons (Fsp3) is 0.548. The number of hydrogen-bond donors (Lipinski definition) is 2. The van der Waals surface area contributed by atoms with Crippen LogP contribution >= 0.6 is 0 Å². The van der Waals surface area contributed by atoms with Gasteiger partial charge in [-0.25, -0.2) is 4.98 Å². The molecule has 6 rings (SSSR count). The molecule has 2 N–H and O–H groups in total. The highest BCUT2D eigenvalue weighted by Gasteiger charge is 2.41. The summed E-state index contributed by atoms with van der Waals surface area (Å²) >= 11 is 0. The van der Waals surface area contributed by atoms with Crippen LogP contribution in [0.15, 0.2) is 30.5 Å². The Labute approximate surface area is 231 Å². The maximum absolute atomic E-state index is 11.6. The summed E-state index contributed by atoms with van der Waals surface area (Å²) in [5, 5.41) is 15.5. The van der Waals surface area contributed by atoms with E-state index in [0.717, 1.165) is 79.1 Å². The molecule has 0 spiro atoms. The molecule has 1 aromatic heterocycles. The lowest BCUT2D eigenvalue weighted by Crippen LogP contribution is -2.40. The van der Waals surface area contributed by atoms with Gasteiger partial charge >= 0.3 is 0 Å². The normalized spacial score (nSPS) is 23.2. The minimum Gasteiger partial charge on any atom is -0.454 e. The summed E-state index contributed by atoms with van der Waals surface area (Å²) in [6.07, 6.45) is 5.72. The third-order valence-corrected chi connectivity index (χ3v) is 8.56. The van der Waals surface area contributed by atoms with E-state index in [1.807, 2.05) is 19.9 Å². The molecule has 1 fully saturated rings. The second-order valence-corrected chi connectivity index (χ2v) is 10.8. The number of aliphatic hydroxyl groups excluding tert-OH is 1. The number of carbonyl (C=O) groups is 1. The van der Waals surface area contributed by atoms with Crippen molar-refractivity contribution in [1.82, 2.24) is 20.1 Å². The summed E-state index contributed by atoms with van der Waals surface area (Å²) in [6.45, 7) is 14.4. The van der Waals surface area contributed by atoms with Crippen LogP contribution in [0.25, 0.3) is 16.6 Å². The molecule has 1 saturated heterocycles. The summed E-state index contributed by atoms with van der Waals surface area (Å²) in [4.78, 5) is 21.4. The number of fused-ring (bicyclic) bond motifs is 5. The maximum atomic E-state index is 11.6. The molecule has 8 heteroatoms. The zero-order chi connectivity index (χ0) is 27.7. The van der Waals surface area contributed by atoms with Crippen LogP contribution in [0.4, 0.5) is 0 Å². The van der Waals surface area contributed by atoms with Gasteiger partial charge in [0.15, 0.2) is 11.5 Å². The molecule has 0 amide bonds. The summed E-state index contributed by atoms with van der Waals surface area (Å²) in [5.74, 6) is 1.18. The Hall–Kier alpha value is -2.94. The Kier molecular flexibility index (Phi) is 8.26. The highest BCUT2D eigenvalue weighted by Crippen LogP contribution is 2.48. The zero-order valence-electron chi connectivity index (χ0n) is 23.7. The van der Waals surface area contributed by atoms with E-state index >= 15 is 0 Å². The number of benzene rings is 1. The first-order valence-electron chi connectivity index (χ1n) is 14.5. The second-order valence-electron chi connectivity index (χ2n) is 10.8. The molecule has 3 atom stereocenters. The average Bonchev–Trinajstić information content (AvgIpc) is 3.57. The number of aromatic nitrogens is 1. The average molecular weight is 535 g/mol. The van der Waals surface area contributed by atoms with Gasteiger partial charge in [-0.15, -0.1) is 0 Å². The van der Waals surface area contributed by atoms with Crippen LogP contribution in [0.2, 0.25) is 0 Å². The molecule has 0 aliphatic carbocycles. The van der Waals surface area contributed by atoms with Crippen molar-refractivity contribution < 1.29 is 19.4 Å². The van der Waals surface area contributed by atoms with Gasteiger partial charge in [0.1, 0.15) is 12.4 Å². The Balaban J connectivity index is 0.00000151. The first kappa shape index (κ1) is 27.6. The highest BCUT2D eigenvalue weighted by atomic mass is 16.7. The quantitative estimate of drug-likeness (QED) is 0.504. The molecule has 4 aliphatic rings. The van der Waals surface area contributed by atoms with Crippen LogP contribution in [0.1, 0.15) is 63.3 Å². The topological polar surface area (TPSA) is 87.2 Å². The molecule has 2 aromatic rings. The van der Waals surface area contributed by atoms with E-state index in [1.165, 1.54) is 11.1 Å². The van der Waals surface area contributed by atoms with Crippen molar-refractivity contribution in [1.29, 1.82) is 0 Å². The van der Waals surface area contributed by atoms with Gasteiger partial charge in [-0.3, -0.25) is 0 Å². The van der Waals surface area contributed by atoms with E-state index in [2.05, 4.69) is 47.8 Å². The predicted octanol–water partition coefficient (Wildman–Crippen LogP) is 4.45. The SMILES string of the molecule is C=C1C(CCC)C(C(O)C=O)C=C2c3nc4cc5c(cc4c(CNC4CCN(C)CC4)c3CN12)OCO5.CC. The van der Waals surface area contributed by atoms with Gasteiger partial charge in [-0.2, -0.15) is 0 Å². The number of aliphatic hydroxyl groups is 1. The fourth-order valence-electron chi connectivity index (χ4n) is 6.42. The number of ether oxygens (including phenoxy) is 2. The van der Waals surface area contributed by atoms with Crippen molar-refractivity contribution in [2.24, 2.45) is 11.8 Å². The van der Waals surface area contributed by atoms with Gasteiger partial charge < -0.3 is 34.5 Å². The Morgan fingerprint density at radius 1 is 1.23 bits per heavy atom. The standard InChI is InChI=1S/C29H36N4O4.C2H6/c1-4-5-19-17(2)33-14-23-22(13-30-18-6-8-32(3)9-7-18)20-11-27-28(37-16-36-27)12-24(20)31-29(23)25(33)10-21(19)26(35)15-34;1-2/h10-12,15,18-19,21,26,30,35H,2,4-9,13-14,16H2,1,3H3;1-2H3. The van der Waals surface area contributed by atoms with Crippen LogP contribution in [0, 0.1) is 11.8 Å². The molecule has 39 heavy (non-hydrogen) atoms. The number of aldehydes is 1. The number of nitrogens with zero attached hydrogens (tertiary/aromatic N) is 3. The summed E-state index contributed by atoms with van der Waals surface area (Å²) < 4.78 is 11.4. The van der Waals surface area contributed by atoms with Crippen molar-refractivity contribution in [2.75, 3.05) is 26.9 Å². The largest absolute Gasteiger partial charge is 0.454 e. The van der Waals surface area contributed by atoms with Crippen LogP contribution in [0.3, 0.4) is 0 Å². The van der Waals surface area contributed by atoms with E-state index < -0.39 is 6.10 Å². The zero-order valence-corrected chi connectivity index (χ0v) is 23.7. The lowest BCUT2D eigenvalue weighted by Gasteiger charge is -2.38. The first-order chi connectivity index (χ1) is 19.0. The maximum Gasteiger partial charge on any atom is 0.231 e. The van der Waals surface area contributed by atoms with Crippen molar-refractivity contribution >= 4 is 22.9 Å². The molecule has 0 saturated carbocycles. The van der Waals surface area contributed by atoms with Crippen molar-refractivity contribution in [2.45, 2.75) is 71.7 Å². The lowest BCUT2D eigenvalue weighted by molar-refractivity contribution is -0.117. The van der Waals surface area contributed by atoms with Crippen LogP contribution in [0.5, 0.6) is 11.5 Å². The number of hydrogen-bond acceptors (Lipinski definition) is 8. The highest BCUT2D eigenvalue weighted by molar-refractivity contribution is 5.90. The third-order valence-electron chi connectivity index (χ3n) is 8.56. The number of allylic oxidation sites excluding steroid dienone is 1. The smallest absolute Gasteiger partial charge is 0.231 e. The fourth-order valence-corrected chi connectivity index (χ4v) is 6.42. The summed E-state index contributed by atoms with van der Waals surface area (Å²) in [7, 11) is 2.18. The molecular formula is C31H42N4O4. The van der Waals surface area contributed by atoms with E-state index in [4.69, 9.17) is 14.5 Å². The first-order valence-corrected chi connectivity index (χ1v) is 14.5. The number of rotatable bonds is 7. The van der Waals surface area contributed by atoms with E-state index in [0.29, 0.717) is 24.6 Å². The Morgan fingerprint density at radius 2 is 1.95 bits per heavy atom. The predicted molar refractivity (Wildman–Crippen MR) is 153 cm³/mol. The van der Waals surface area contributed by atoms with E-state index in [1.54, 1.807) is 0 Å². The van der Waals surface area contributed by atoms with Crippen LogP contribution in [-0.4, -0.2) is 65.3 Å². The van der Waals surface area contributed by atoms with Gasteiger partial charge in [0.2, 0.25) is 6.79 Å². The number of pyridine rings is 1. The molecule has 0 bridgehead atoms. The van der Waals surface area contributed by atoms with Gasteiger partial charge in [-0.1, -0.05) is 39.8 Å². The molecule has 0 radical (unpaired) electrons. The molecule has 5 heterocycles. The van der Waals surface area contributed by atoms with Crippen LogP contribution in [-0.2, 0) is 17.9 Å². The van der Waals surface area contributed by atoms with Gasteiger partial charge in [-0.05, 0) is 51.0 Å². The van der Waals surface area contributed by atoms with Gasteiger partial charge in [0.05, 0.1) is 23.5 Å². The van der Waals surface area contributed by atoms with Crippen LogP contribution < -0.4 is 14.8 Å². The second kappa shape index (κ2) is 11.7. The van der Waals surface area contributed by atoms with Crippen molar-refractivity contribution in [3.05, 3.63) is 47.3 Å². The Bertz CT molecular complexity index is 1270. The molecule has 8 nitrogen and oxygen atoms in total. The molecular weight excluding hydrogens is 492 g/mol. The molecule has 1 aromatic carbocycles. The number of likely N-dealkylation sites (tertiary alicyclic amines) is 1. The van der Waals surface area contributed by atoms with Crippen molar-refractivity contribution in [3.63, 3.8) is 0 Å². The number of piperidine rings is 1. The molecule has 210 valence electrons. The van der Waals surface area contributed by atoms with Crippen molar-refractivity contribution in [3.8, 4) is 11.5 Å².